The van der Waals surface area contributed by atoms with Crippen LogP contribution in [0, 0.1) is 10.1 Å². The van der Waals surface area contributed by atoms with Gasteiger partial charge in [0.05, 0.1) is 9.95 Å². The summed E-state index contributed by atoms with van der Waals surface area (Å²) in [4.78, 5) is 14.1. The number of hydrogen-bond donors (Lipinski definition) is 0. The van der Waals surface area contributed by atoms with Crippen LogP contribution in [0.4, 0.5) is 5.69 Å². The van der Waals surface area contributed by atoms with Crippen LogP contribution in [0.15, 0.2) is 30.6 Å². The molecule has 0 saturated heterocycles. The summed E-state index contributed by atoms with van der Waals surface area (Å²) in [7, 11) is 1.85. The molecule has 0 unspecified atom stereocenters. The van der Waals surface area contributed by atoms with Crippen LogP contribution in [0.2, 0.25) is 5.02 Å². The molecule has 7 heteroatoms. The fraction of sp³-hybridized carbons (Fsp3) is 0.182. The molecule has 0 fully saturated rings. The average Bonchev–Trinajstić information content (AvgIpc) is 2.73. The first-order chi connectivity index (χ1) is 8.58. The maximum absolute atomic E-state index is 10.5. The van der Waals surface area contributed by atoms with Crippen molar-refractivity contribution >= 4 is 17.3 Å². The number of nitro groups is 1. The van der Waals surface area contributed by atoms with Gasteiger partial charge in [0.15, 0.2) is 0 Å². The molecular weight excluding hydrogens is 258 g/mol. The smallest absolute Gasteiger partial charge is 0.271 e. The summed E-state index contributed by atoms with van der Waals surface area (Å²) >= 11 is 5.90. The Morgan fingerprint density at radius 1 is 1.56 bits per heavy atom. The van der Waals surface area contributed by atoms with Gasteiger partial charge in [-0.3, -0.25) is 10.1 Å². The highest BCUT2D eigenvalue weighted by atomic mass is 35.5. The van der Waals surface area contributed by atoms with Crippen molar-refractivity contribution in [2.24, 2.45) is 7.05 Å². The first-order valence-electron chi connectivity index (χ1n) is 5.11. The van der Waals surface area contributed by atoms with E-state index >= 15 is 0 Å². The number of hydrogen-bond acceptors (Lipinski definition) is 4. The van der Waals surface area contributed by atoms with Gasteiger partial charge in [0, 0.05) is 31.6 Å². The summed E-state index contributed by atoms with van der Waals surface area (Å²) in [6, 6.07) is 4.08. The van der Waals surface area contributed by atoms with Crippen LogP contribution in [0.5, 0.6) is 5.75 Å². The van der Waals surface area contributed by atoms with Crippen LogP contribution in [0.3, 0.4) is 0 Å². The first kappa shape index (κ1) is 12.4. The topological polar surface area (TPSA) is 70.2 Å². The second kappa shape index (κ2) is 5.05. The van der Waals surface area contributed by atoms with Crippen molar-refractivity contribution < 1.29 is 9.66 Å². The van der Waals surface area contributed by atoms with Crippen molar-refractivity contribution in [3.05, 3.63) is 51.6 Å². The molecule has 0 radical (unpaired) electrons. The average molecular weight is 268 g/mol. The Balaban J connectivity index is 2.11. The maximum atomic E-state index is 10.5. The van der Waals surface area contributed by atoms with Gasteiger partial charge in [-0.2, -0.15) is 0 Å². The Labute approximate surface area is 108 Å². The Bertz CT molecular complexity index is 583. The van der Waals surface area contributed by atoms with E-state index in [1.807, 2.05) is 11.6 Å². The second-order valence-electron chi connectivity index (χ2n) is 3.61. The van der Waals surface area contributed by atoms with E-state index in [0.29, 0.717) is 5.75 Å². The molecule has 0 atom stereocenters. The third kappa shape index (κ3) is 2.60. The van der Waals surface area contributed by atoms with Crippen molar-refractivity contribution in [3.8, 4) is 5.75 Å². The van der Waals surface area contributed by atoms with E-state index in [-0.39, 0.29) is 17.3 Å². The predicted octanol–water partition coefficient (Wildman–Crippen LogP) is 2.56. The highest BCUT2D eigenvalue weighted by Crippen LogP contribution is 2.29. The molecule has 94 valence electrons. The lowest BCUT2D eigenvalue weighted by Gasteiger charge is -2.07. The summed E-state index contributed by atoms with van der Waals surface area (Å²) in [5.41, 5.74) is -0.0654. The van der Waals surface area contributed by atoms with Crippen LogP contribution in [0.1, 0.15) is 5.82 Å². The zero-order chi connectivity index (χ0) is 13.1. The van der Waals surface area contributed by atoms with Gasteiger partial charge in [-0.05, 0) is 6.07 Å². The lowest BCUT2D eigenvalue weighted by molar-refractivity contribution is -0.384. The molecule has 0 N–H and O–H groups in total. The van der Waals surface area contributed by atoms with E-state index in [0.717, 1.165) is 5.82 Å². The number of nitrogens with zero attached hydrogens (tertiary/aromatic N) is 3. The largest absolute Gasteiger partial charge is 0.484 e. The number of benzene rings is 1. The minimum absolute atomic E-state index is 0.0654. The van der Waals surface area contributed by atoms with Gasteiger partial charge in [-0.25, -0.2) is 4.98 Å². The summed E-state index contributed by atoms with van der Waals surface area (Å²) in [5.74, 6) is 1.13. The molecule has 0 bridgehead atoms. The van der Waals surface area contributed by atoms with Gasteiger partial charge in [0.2, 0.25) is 0 Å². The van der Waals surface area contributed by atoms with Gasteiger partial charge in [0.1, 0.15) is 18.2 Å². The van der Waals surface area contributed by atoms with Crippen molar-refractivity contribution in [2.75, 3.05) is 0 Å². The van der Waals surface area contributed by atoms with E-state index in [1.54, 1.807) is 12.4 Å². The second-order valence-corrected chi connectivity index (χ2v) is 4.02. The van der Waals surface area contributed by atoms with E-state index in [4.69, 9.17) is 16.3 Å². The predicted molar refractivity (Wildman–Crippen MR) is 65.6 cm³/mol. The van der Waals surface area contributed by atoms with Crippen LogP contribution in [-0.4, -0.2) is 14.5 Å². The molecule has 0 aliphatic rings. The maximum Gasteiger partial charge on any atom is 0.271 e. The Kier molecular flexibility index (Phi) is 3.47. The number of aryl methyl sites for hydroxylation is 1. The van der Waals surface area contributed by atoms with Crippen molar-refractivity contribution in [1.82, 2.24) is 9.55 Å². The summed E-state index contributed by atoms with van der Waals surface area (Å²) in [6.07, 6.45) is 3.46. The Hall–Kier alpha value is -2.08. The first-order valence-corrected chi connectivity index (χ1v) is 5.48. The molecule has 2 rings (SSSR count). The number of non-ortho nitro benzene ring substituents is 1. The minimum Gasteiger partial charge on any atom is -0.484 e. The molecule has 0 aliphatic heterocycles. The molecule has 0 aliphatic carbocycles. The van der Waals surface area contributed by atoms with Crippen LogP contribution in [-0.2, 0) is 13.7 Å². The van der Waals surface area contributed by atoms with E-state index in [2.05, 4.69) is 4.98 Å². The third-order valence-corrected chi connectivity index (χ3v) is 2.70. The van der Waals surface area contributed by atoms with Gasteiger partial charge in [0.25, 0.3) is 5.69 Å². The molecule has 6 nitrogen and oxygen atoms in total. The fourth-order valence-corrected chi connectivity index (χ4v) is 1.63. The molecular formula is C11H10ClN3O3. The van der Waals surface area contributed by atoms with Crippen molar-refractivity contribution in [1.29, 1.82) is 0 Å². The normalized spacial score (nSPS) is 10.3. The van der Waals surface area contributed by atoms with Crippen LogP contribution in [0.25, 0.3) is 0 Å². The SMILES string of the molecule is Cn1ccnc1COc1ccc([N+](=O)[O-])cc1Cl. The Morgan fingerprint density at radius 3 is 2.89 bits per heavy atom. The quantitative estimate of drug-likeness (QED) is 0.630. The van der Waals surface area contributed by atoms with Gasteiger partial charge < -0.3 is 9.30 Å². The van der Waals surface area contributed by atoms with Crippen molar-refractivity contribution in [3.63, 3.8) is 0 Å². The van der Waals surface area contributed by atoms with E-state index < -0.39 is 4.92 Å². The lowest BCUT2D eigenvalue weighted by atomic mass is 10.3. The zero-order valence-electron chi connectivity index (χ0n) is 9.54. The number of halogens is 1. The van der Waals surface area contributed by atoms with Crippen molar-refractivity contribution in [2.45, 2.75) is 6.61 Å². The number of ether oxygens (including phenoxy) is 1. The number of aromatic nitrogens is 2. The van der Waals surface area contributed by atoms with Gasteiger partial charge in [-0.15, -0.1) is 0 Å². The highest BCUT2D eigenvalue weighted by Gasteiger charge is 2.10. The zero-order valence-corrected chi connectivity index (χ0v) is 10.3. The van der Waals surface area contributed by atoms with Crippen LogP contribution >= 0.6 is 11.6 Å². The van der Waals surface area contributed by atoms with Gasteiger partial charge >= 0.3 is 0 Å². The molecule has 1 heterocycles. The van der Waals surface area contributed by atoms with E-state index in [1.165, 1.54) is 18.2 Å². The molecule has 0 saturated carbocycles. The molecule has 1 aromatic heterocycles. The minimum atomic E-state index is -0.506. The molecule has 0 amide bonds. The number of imidazole rings is 1. The number of nitro benzene ring substituents is 1. The Morgan fingerprint density at radius 2 is 2.33 bits per heavy atom. The fourth-order valence-electron chi connectivity index (χ4n) is 1.40. The summed E-state index contributed by atoms with van der Waals surface area (Å²) in [5, 5.41) is 10.8. The van der Waals surface area contributed by atoms with Gasteiger partial charge in [-0.1, -0.05) is 11.6 Å². The monoisotopic (exact) mass is 267 g/mol. The lowest BCUT2D eigenvalue weighted by Crippen LogP contribution is -2.03. The third-order valence-electron chi connectivity index (χ3n) is 2.40. The standard InChI is InChI=1S/C11H10ClN3O3/c1-14-5-4-13-11(14)7-18-10-3-2-8(15(16)17)6-9(10)12/h2-6H,7H2,1H3. The molecule has 1 aromatic carbocycles. The summed E-state index contributed by atoms with van der Waals surface area (Å²) in [6.45, 7) is 0.251. The highest BCUT2D eigenvalue weighted by molar-refractivity contribution is 6.32. The van der Waals surface area contributed by atoms with E-state index in [9.17, 15) is 10.1 Å². The molecule has 2 aromatic rings. The number of rotatable bonds is 4. The molecule has 18 heavy (non-hydrogen) atoms. The summed E-state index contributed by atoms with van der Waals surface area (Å²) < 4.78 is 7.28. The van der Waals surface area contributed by atoms with Crippen LogP contribution < -0.4 is 4.74 Å². The molecule has 0 spiro atoms.